The topological polar surface area (TPSA) is 15.7 Å². The van der Waals surface area contributed by atoms with Crippen molar-refractivity contribution in [2.24, 2.45) is 0 Å². The Labute approximate surface area is 133 Å². The minimum Gasteiger partial charge on any atom is -0.494 e. The SMILES string of the molecule is CN1CCN(CCCc2ccc(OCCCCl)cc2)CC1. The molecule has 0 radical (unpaired) electrons. The number of alkyl halides is 1. The highest BCUT2D eigenvalue weighted by Crippen LogP contribution is 2.14. The highest BCUT2D eigenvalue weighted by molar-refractivity contribution is 6.17. The fraction of sp³-hybridized carbons (Fsp3) is 0.647. The largest absolute Gasteiger partial charge is 0.494 e. The predicted molar refractivity (Wildman–Crippen MR) is 89.5 cm³/mol. The number of halogens is 1. The van der Waals surface area contributed by atoms with Crippen LogP contribution in [0.1, 0.15) is 18.4 Å². The molecule has 21 heavy (non-hydrogen) atoms. The first-order valence-electron chi connectivity index (χ1n) is 7.96. The smallest absolute Gasteiger partial charge is 0.119 e. The summed E-state index contributed by atoms with van der Waals surface area (Å²) in [4.78, 5) is 4.98. The van der Waals surface area contributed by atoms with Crippen molar-refractivity contribution in [3.05, 3.63) is 29.8 Å². The van der Waals surface area contributed by atoms with Gasteiger partial charge in [0.25, 0.3) is 0 Å². The number of rotatable bonds is 8. The van der Waals surface area contributed by atoms with Crippen LogP contribution in [0.25, 0.3) is 0 Å². The van der Waals surface area contributed by atoms with E-state index in [1.165, 1.54) is 44.7 Å². The van der Waals surface area contributed by atoms with Crippen LogP contribution in [0.5, 0.6) is 5.75 Å². The Morgan fingerprint density at radius 3 is 2.43 bits per heavy atom. The number of piperazine rings is 1. The second kappa shape index (κ2) is 9.29. The molecule has 0 spiro atoms. The summed E-state index contributed by atoms with van der Waals surface area (Å²) in [6.45, 7) is 6.74. The summed E-state index contributed by atoms with van der Waals surface area (Å²) < 4.78 is 5.61. The number of benzene rings is 1. The maximum Gasteiger partial charge on any atom is 0.119 e. The highest BCUT2D eigenvalue weighted by atomic mass is 35.5. The van der Waals surface area contributed by atoms with Crippen LogP contribution in [-0.2, 0) is 6.42 Å². The number of nitrogens with zero attached hydrogens (tertiary/aromatic N) is 2. The lowest BCUT2D eigenvalue weighted by molar-refractivity contribution is 0.153. The molecule has 0 amide bonds. The second-order valence-corrected chi connectivity index (χ2v) is 6.16. The molecule has 0 saturated carbocycles. The van der Waals surface area contributed by atoms with E-state index in [0.717, 1.165) is 18.6 Å². The molecule has 1 saturated heterocycles. The summed E-state index contributed by atoms with van der Waals surface area (Å²) in [6, 6.07) is 8.50. The molecule has 0 N–H and O–H groups in total. The minimum atomic E-state index is 0.657. The third kappa shape index (κ3) is 6.25. The van der Waals surface area contributed by atoms with Crippen LogP contribution in [0.3, 0.4) is 0 Å². The Kier molecular flexibility index (Phi) is 7.34. The predicted octanol–water partition coefficient (Wildman–Crippen LogP) is 2.87. The molecule has 3 nitrogen and oxygen atoms in total. The lowest BCUT2D eigenvalue weighted by atomic mass is 10.1. The van der Waals surface area contributed by atoms with E-state index in [0.29, 0.717) is 12.5 Å². The van der Waals surface area contributed by atoms with E-state index in [-0.39, 0.29) is 0 Å². The average Bonchev–Trinajstić information content (AvgIpc) is 2.51. The van der Waals surface area contributed by atoms with Gasteiger partial charge in [0.15, 0.2) is 0 Å². The summed E-state index contributed by atoms with van der Waals surface area (Å²) in [5.74, 6) is 1.60. The molecular weight excluding hydrogens is 284 g/mol. The fourth-order valence-corrected chi connectivity index (χ4v) is 2.68. The fourth-order valence-electron chi connectivity index (χ4n) is 2.58. The maximum absolute atomic E-state index is 5.64. The number of hydrogen-bond acceptors (Lipinski definition) is 3. The van der Waals surface area contributed by atoms with Gasteiger partial charge in [0.05, 0.1) is 6.61 Å². The van der Waals surface area contributed by atoms with Crippen molar-refractivity contribution in [2.45, 2.75) is 19.3 Å². The second-order valence-electron chi connectivity index (χ2n) is 5.78. The standard InChI is InChI=1S/C17H27ClN2O/c1-19-11-13-20(14-12-19)10-2-4-16-5-7-17(8-6-16)21-15-3-9-18/h5-8H,2-4,9-15H2,1H3. The molecular formula is C17H27ClN2O. The van der Waals surface area contributed by atoms with Crippen molar-refractivity contribution < 1.29 is 4.74 Å². The lowest BCUT2D eigenvalue weighted by Gasteiger charge is -2.32. The first-order chi connectivity index (χ1) is 10.3. The van der Waals surface area contributed by atoms with Crippen LogP contribution < -0.4 is 4.74 Å². The molecule has 0 bridgehead atoms. The van der Waals surface area contributed by atoms with Crippen molar-refractivity contribution in [3.63, 3.8) is 0 Å². The zero-order chi connectivity index (χ0) is 14.9. The van der Waals surface area contributed by atoms with Gasteiger partial charge in [-0.05, 0) is 50.6 Å². The molecule has 1 aliphatic heterocycles. The van der Waals surface area contributed by atoms with Crippen LogP contribution in [0.2, 0.25) is 0 Å². The summed E-state index contributed by atoms with van der Waals surface area (Å²) >= 11 is 5.64. The van der Waals surface area contributed by atoms with Crippen LogP contribution in [0.4, 0.5) is 0 Å². The van der Waals surface area contributed by atoms with Crippen LogP contribution in [0.15, 0.2) is 24.3 Å². The molecule has 4 heteroatoms. The summed E-state index contributed by atoms with van der Waals surface area (Å²) in [7, 11) is 2.20. The van der Waals surface area contributed by atoms with Gasteiger partial charge in [-0.3, -0.25) is 0 Å². The molecule has 1 heterocycles. The summed E-state index contributed by atoms with van der Waals surface area (Å²) in [6.07, 6.45) is 3.28. The van der Waals surface area contributed by atoms with Crippen molar-refractivity contribution >= 4 is 11.6 Å². The van der Waals surface area contributed by atoms with Crippen molar-refractivity contribution in [1.82, 2.24) is 9.80 Å². The Hall–Kier alpha value is -0.770. The lowest BCUT2D eigenvalue weighted by Crippen LogP contribution is -2.44. The molecule has 1 aliphatic rings. The Bertz CT molecular complexity index is 388. The molecule has 0 aliphatic carbocycles. The van der Waals surface area contributed by atoms with E-state index in [1.54, 1.807) is 0 Å². The van der Waals surface area contributed by atoms with E-state index in [9.17, 15) is 0 Å². The number of hydrogen-bond donors (Lipinski definition) is 0. The van der Waals surface area contributed by atoms with Gasteiger partial charge in [0.1, 0.15) is 5.75 Å². The normalized spacial score (nSPS) is 17.0. The molecule has 1 fully saturated rings. The monoisotopic (exact) mass is 310 g/mol. The third-order valence-corrected chi connectivity index (χ3v) is 4.27. The number of ether oxygens (including phenoxy) is 1. The van der Waals surface area contributed by atoms with Gasteiger partial charge in [0.2, 0.25) is 0 Å². The minimum absolute atomic E-state index is 0.657. The highest BCUT2D eigenvalue weighted by Gasteiger charge is 2.12. The van der Waals surface area contributed by atoms with E-state index >= 15 is 0 Å². The van der Waals surface area contributed by atoms with Gasteiger partial charge in [-0.15, -0.1) is 11.6 Å². The first-order valence-corrected chi connectivity index (χ1v) is 8.50. The van der Waals surface area contributed by atoms with E-state index in [1.807, 2.05) is 0 Å². The van der Waals surface area contributed by atoms with Crippen LogP contribution in [-0.4, -0.2) is 62.1 Å². The van der Waals surface area contributed by atoms with Gasteiger partial charge in [-0.2, -0.15) is 0 Å². The number of aryl methyl sites for hydroxylation is 1. The van der Waals surface area contributed by atoms with E-state index in [4.69, 9.17) is 16.3 Å². The zero-order valence-electron chi connectivity index (χ0n) is 13.1. The van der Waals surface area contributed by atoms with Crippen LogP contribution >= 0.6 is 11.6 Å². The van der Waals surface area contributed by atoms with Crippen molar-refractivity contribution in [1.29, 1.82) is 0 Å². The van der Waals surface area contributed by atoms with E-state index < -0.39 is 0 Å². The van der Waals surface area contributed by atoms with Gasteiger partial charge in [-0.25, -0.2) is 0 Å². The van der Waals surface area contributed by atoms with E-state index in [2.05, 4.69) is 41.1 Å². The maximum atomic E-state index is 5.64. The first kappa shape index (κ1) is 16.6. The molecule has 0 aromatic heterocycles. The van der Waals surface area contributed by atoms with Gasteiger partial charge < -0.3 is 14.5 Å². The third-order valence-electron chi connectivity index (χ3n) is 4.01. The number of likely N-dealkylation sites (N-methyl/N-ethyl adjacent to an activating group) is 1. The summed E-state index contributed by atoms with van der Waals surface area (Å²) in [5, 5.41) is 0. The molecule has 1 aromatic carbocycles. The Morgan fingerprint density at radius 2 is 1.76 bits per heavy atom. The van der Waals surface area contributed by atoms with Crippen LogP contribution in [0, 0.1) is 0 Å². The van der Waals surface area contributed by atoms with Crippen molar-refractivity contribution in [3.8, 4) is 5.75 Å². The quantitative estimate of drug-likeness (QED) is 0.542. The Morgan fingerprint density at radius 1 is 1.05 bits per heavy atom. The molecule has 2 rings (SSSR count). The zero-order valence-corrected chi connectivity index (χ0v) is 13.8. The van der Waals surface area contributed by atoms with Gasteiger partial charge in [-0.1, -0.05) is 12.1 Å². The molecule has 0 unspecified atom stereocenters. The van der Waals surface area contributed by atoms with Gasteiger partial charge >= 0.3 is 0 Å². The molecule has 1 aromatic rings. The Balaban J connectivity index is 1.64. The van der Waals surface area contributed by atoms with Gasteiger partial charge in [0, 0.05) is 32.1 Å². The average molecular weight is 311 g/mol. The summed E-state index contributed by atoms with van der Waals surface area (Å²) in [5.41, 5.74) is 1.40. The molecule has 0 atom stereocenters. The molecule has 118 valence electrons. The van der Waals surface area contributed by atoms with Crippen molar-refractivity contribution in [2.75, 3.05) is 52.3 Å².